The highest BCUT2D eigenvalue weighted by Crippen LogP contribution is 2.46. The van der Waals surface area contributed by atoms with Gasteiger partial charge in [0.2, 0.25) is 0 Å². The van der Waals surface area contributed by atoms with Crippen LogP contribution >= 0.6 is 0 Å². The lowest BCUT2D eigenvalue weighted by molar-refractivity contribution is -0.227. The predicted octanol–water partition coefficient (Wildman–Crippen LogP) is 11.5. The lowest BCUT2D eigenvalue weighted by Crippen LogP contribution is -2.68. The van der Waals surface area contributed by atoms with Crippen molar-refractivity contribution in [2.45, 2.75) is 211 Å². The van der Waals surface area contributed by atoms with Crippen LogP contribution < -0.4 is 0 Å². The maximum Gasteiger partial charge on any atom is 0.338 e. The van der Waals surface area contributed by atoms with Gasteiger partial charge in [0.05, 0.1) is 30.0 Å². The molecular formula is C46H80O8Si3. The van der Waals surface area contributed by atoms with Crippen LogP contribution in [-0.4, -0.2) is 91.0 Å². The van der Waals surface area contributed by atoms with Gasteiger partial charge in [-0.1, -0.05) is 112 Å². The first-order valence-corrected chi connectivity index (χ1v) is 30.0. The molecule has 3 rings (SSSR count). The monoisotopic (exact) mass is 845 g/mol. The van der Waals surface area contributed by atoms with Gasteiger partial charge >= 0.3 is 5.97 Å². The van der Waals surface area contributed by atoms with E-state index in [4.69, 9.17) is 27.5 Å². The molecule has 2 aliphatic rings. The Kier molecular flexibility index (Phi) is 16.9. The minimum atomic E-state index is -2.54. The molecule has 0 saturated carbocycles. The highest BCUT2D eigenvalue weighted by molar-refractivity contribution is 6.75. The summed E-state index contributed by atoms with van der Waals surface area (Å²) in [6.07, 6.45) is 4.49. The van der Waals surface area contributed by atoms with Crippen LogP contribution in [0.5, 0.6) is 0 Å². The summed E-state index contributed by atoms with van der Waals surface area (Å²) in [6.45, 7) is 43.8. The summed E-state index contributed by atoms with van der Waals surface area (Å²) in [5.41, 5.74) is 1.59. The van der Waals surface area contributed by atoms with Gasteiger partial charge in [0.1, 0.15) is 24.4 Å². The first kappa shape index (κ1) is 49.7. The van der Waals surface area contributed by atoms with Crippen LogP contribution in [0.1, 0.15) is 112 Å². The van der Waals surface area contributed by atoms with E-state index in [1.165, 1.54) is 0 Å². The zero-order chi connectivity index (χ0) is 43.4. The van der Waals surface area contributed by atoms with Gasteiger partial charge in [0.15, 0.2) is 31.1 Å². The van der Waals surface area contributed by atoms with Gasteiger partial charge in [-0.3, -0.25) is 0 Å². The molecule has 0 spiro atoms. The number of hydrogen-bond donors (Lipinski definition) is 1. The fourth-order valence-corrected chi connectivity index (χ4v) is 10.4. The molecule has 9 atom stereocenters. The number of benzene rings is 1. The molecular weight excluding hydrogens is 765 g/mol. The van der Waals surface area contributed by atoms with Crippen LogP contribution in [0, 0.1) is 0 Å². The molecule has 8 nitrogen and oxygen atoms in total. The van der Waals surface area contributed by atoms with E-state index in [2.05, 4.69) is 122 Å². The SMILES string of the molecule is C=CC[C@@H]1O[C@@H](C(/C=C/C(O)CCC2CC(=C)[C@H](CC)O2)O[Si](C)(C)C(C)(C)C)C(O[Si](C)(C)C(C)(C)C)C(O[Si](C)(C)C(C)(C)C)C1OC(=O)c1ccccc1. The van der Waals surface area contributed by atoms with Crippen molar-refractivity contribution in [1.29, 1.82) is 0 Å². The van der Waals surface area contributed by atoms with Crippen molar-refractivity contribution >= 4 is 30.9 Å². The topological polar surface area (TPSA) is 92.7 Å². The number of ether oxygens (including phenoxy) is 3. The standard InChI is InChI=1S/C46H80O8Si3/c1-19-24-37-39(51-43(48)33-25-22-21-23-26-33)41(53-56(15,16)45(7,8)9)42(54-57(17,18)46(10,11)12)40(50-37)38(52-55(13,14)44(4,5)6)30-28-34(47)27-29-35-31-32(3)36(20-2)49-35/h19,21-23,25-26,28,30,34-42,47H,1,3,20,24,27,29,31H2,2,4-18H3/b30-28+/t34?,35?,36-,37-,38?,39?,40-,41?,42?/m0/s1. The number of carbonyl (C=O) groups excluding carboxylic acids is 1. The fraction of sp³-hybridized carbons (Fsp3) is 0.717. The smallest absolute Gasteiger partial charge is 0.338 e. The molecule has 1 N–H and O–H groups in total. The molecule has 324 valence electrons. The Hall–Kier alpha value is -1.68. The van der Waals surface area contributed by atoms with Gasteiger partial charge in [-0.25, -0.2) is 4.79 Å². The number of aliphatic hydroxyl groups excluding tert-OH is 1. The average molecular weight is 845 g/mol. The highest BCUT2D eigenvalue weighted by Gasteiger charge is 2.57. The molecule has 0 aliphatic carbocycles. The second-order valence-electron chi connectivity index (χ2n) is 21.0. The van der Waals surface area contributed by atoms with E-state index in [9.17, 15) is 9.90 Å². The summed E-state index contributed by atoms with van der Waals surface area (Å²) in [6, 6.07) is 9.08. The number of carbonyl (C=O) groups is 1. The zero-order valence-corrected chi connectivity index (χ0v) is 41.6. The number of aliphatic hydroxyl groups is 1. The minimum absolute atomic E-state index is 0.0530. The normalized spacial score (nSPS) is 26.8. The minimum Gasteiger partial charge on any atom is -0.453 e. The molecule has 0 radical (unpaired) electrons. The summed E-state index contributed by atoms with van der Waals surface area (Å²) in [5.74, 6) is -0.441. The third-order valence-corrected chi connectivity index (χ3v) is 26.8. The van der Waals surface area contributed by atoms with Crippen molar-refractivity contribution in [3.63, 3.8) is 0 Å². The number of rotatable bonds is 17. The van der Waals surface area contributed by atoms with Crippen molar-refractivity contribution in [2.24, 2.45) is 0 Å². The van der Waals surface area contributed by atoms with E-state index in [-0.39, 0.29) is 27.3 Å². The molecule has 1 aromatic carbocycles. The average Bonchev–Trinajstić information content (AvgIpc) is 3.45. The Morgan fingerprint density at radius 3 is 1.88 bits per heavy atom. The van der Waals surface area contributed by atoms with Gasteiger partial charge in [0.25, 0.3) is 0 Å². The fourth-order valence-electron chi connectivity index (χ4n) is 6.55. The van der Waals surface area contributed by atoms with Crippen LogP contribution in [0.4, 0.5) is 0 Å². The molecule has 6 unspecified atom stereocenters. The van der Waals surface area contributed by atoms with Crippen molar-refractivity contribution in [3.05, 3.63) is 72.9 Å². The Morgan fingerprint density at radius 1 is 0.842 bits per heavy atom. The number of esters is 1. The molecule has 57 heavy (non-hydrogen) atoms. The second-order valence-corrected chi connectivity index (χ2v) is 35.2. The van der Waals surface area contributed by atoms with Crippen LogP contribution in [0.3, 0.4) is 0 Å². The molecule has 2 heterocycles. The van der Waals surface area contributed by atoms with Crippen LogP contribution in [-0.2, 0) is 27.5 Å². The molecule has 2 fully saturated rings. The predicted molar refractivity (Wildman–Crippen MR) is 242 cm³/mol. The molecule has 0 bridgehead atoms. The molecule has 1 aromatic rings. The van der Waals surface area contributed by atoms with Gasteiger partial charge < -0.3 is 32.6 Å². The second kappa shape index (κ2) is 19.4. The van der Waals surface area contributed by atoms with E-state index in [1.807, 2.05) is 36.4 Å². The third-order valence-electron chi connectivity index (χ3n) is 13.3. The summed E-state index contributed by atoms with van der Waals surface area (Å²) < 4.78 is 42.3. The van der Waals surface area contributed by atoms with E-state index in [0.29, 0.717) is 18.4 Å². The first-order chi connectivity index (χ1) is 26.0. The zero-order valence-electron chi connectivity index (χ0n) is 38.6. The van der Waals surface area contributed by atoms with Crippen molar-refractivity contribution in [3.8, 4) is 0 Å². The summed E-state index contributed by atoms with van der Waals surface area (Å²) in [7, 11) is -7.54. The first-order valence-electron chi connectivity index (χ1n) is 21.3. The van der Waals surface area contributed by atoms with Crippen LogP contribution in [0.25, 0.3) is 0 Å². The van der Waals surface area contributed by atoms with Crippen molar-refractivity contribution in [2.75, 3.05) is 0 Å². The Bertz CT molecular complexity index is 1500. The lowest BCUT2D eigenvalue weighted by Gasteiger charge is -2.54. The van der Waals surface area contributed by atoms with Gasteiger partial charge in [-0.15, -0.1) is 6.58 Å². The van der Waals surface area contributed by atoms with E-state index >= 15 is 0 Å². The largest absolute Gasteiger partial charge is 0.453 e. The highest BCUT2D eigenvalue weighted by atomic mass is 28.4. The number of hydrogen-bond acceptors (Lipinski definition) is 8. The lowest BCUT2D eigenvalue weighted by atomic mass is 9.90. The molecule has 0 aromatic heterocycles. The summed E-state index contributed by atoms with van der Waals surface area (Å²) in [4.78, 5) is 14.0. The third kappa shape index (κ3) is 12.9. The maximum absolute atomic E-state index is 14.0. The van der Waals surface area contributed by atoms with E-state index in [1.54, 1.807) is 12.1 Å². The van der Waals surface area contributed by atoms with Gasteiger partial charge in [0, 0.05) is 0 Å². The van der Waals surface area contributed by atoms with Crippen LogP contribution in [0.2, 0.25) is 54.4 Å². The van der Waals surface area contributed by atoms with Gasteiger partial charge in [-0.2, -0.15) is 0 Å². The van der Waals surface area contributed by atoms with E-state index in [0.717, 1.165) is 24.8 Å². The van der Waals surface area contributed by atoms with E-state index < -0.39 is 73.6 Å². The Labute approximate surface area is 350 Å². The van der Waals surface area contributed by atoms with Crippen LogP contribution in [0.15, 0.2) is 67.3 Å². The maximum atomic E-state index is 14.0. The van der Waals surface area contributed by atoms with Crippen molar-refractivity contribution in [1.82, 2.24) is 0 Å². The van der Waals surface area contributed by atoms with Gasteiger partial charge in [-0.05, 0) is 104 Å². The van der Waals surface area contributed by atoms with Crippen molar-refractivity contribution < 1.29 is 37.4 Å². The summed E-state index contributed by atoms with van der Waals surface area (Å²) in [5, 5.41) is 11.1. The Morgan fingerprint density at radius 2 is 1.39 bits per heavy atom. The molecule has 0 amide bonds. The summed E-state index contributed by atoms with van der Waals surface area (Å²) >= 11 is 0. The molecule has 2 aliphatic heterocycles. The molecule has 2 saturated heterocycles. The Balaban J connectivity index is 2.23. The quantitative estimate of drug-likeness (QED) is 0.0942. The molecule has 11 heteroatoms.